The fraction of sp³-hybridized carbons (Fsp3) is 0.345. The summed E-state index contributed by atoms with van der Waals surface area (Å²) in [7, 11) is 2.05. The number of likely N-dealkylation sites (tertiary alicyclic amines) is 1. The Balaban J connectivity index is 1.40. The van der Waals surface area contributed by atoms with Crippen molar-refractivity contribution in [3.63, 3.8) is 0 Å². The Morgan fingerprint density at radius 3 is 2.47 bits per heavy atom. The lowest BCUT2D eigenvalue weighted by molar-refractivity contribution is 0.0203. The van der Waals surface area contributed by atoms with E-state index in [1.807, 2.05) is 52.1 Å². The van der Waals surface area contributed by atoms with Gasteiger partial charge in [0.2, 0.25) is 0 Å². The number of carbonyl (C=O) groups is 1. The molecule has 7 nitrogen and oxygen atoms in total. The summed E-state index contributed by atoms with van der Waals surface area (Å²) in [4.78, 5) is 24.2. The first-order valence-corrected chi connectivity index (χ1v) is 12.5. The summed E-state index contributed by atoms with van der Waals surface area (Å²) in [6, 6.07) is 20.6. The molecule has 3 heterocycles. The smallest absolute Gasteiger partial charge is 0.410 e. The van der Waals surface area contributed by atoms with Crippen LogP contribution in [0.5, 0.6) is 0 Å². The Kier molecular flexibility index (Phi) is 6.39. The van der Waals surface area contributed by atoms with E-state index in [-0.39, 0.29) is 12.0 Å². The maximum absolute atomic E-state index is 12.5. The summed E-state index contributed by atoms with van der Waals surface area (Å²) < 4.78 is 7.67. The molecule has 0 bridgehead atoms. The highest BCUT2D eigenvalue weighted by Gasteiger charge is 2.29. The Labute approximate surface area is 212 Å². The summed E-state index contributed by atoms with van der Waals surface area (Å²) in [5, 5.41) is 4.71. The minimum atomic E-state index is -0.496. The number of rotatable bonds is 4. The third kappa shape index (κ3) is 5.35. The highest BCUT2D eigenvalue weighted by Crippen LogP contribution is 2.31. The molecule has 0 unspecified atom stereocenters. The van der Waals surface area contributed by atoms with Gasteiger partial charge in [0.15, 0.2) is 0 Å². The highest BCUT2D eigenvalue weighted by molar-refractivity contribution is 5.84. The van der Waals surface area contributed by atoms with Crippen molar-refractivity contribution in [1.82, 2.24) is 19.4 Å². The Morgan fingerprint density at radius 1 is 1.00 bits per heavy atom. The number of benzene rings is 2. The van der Waals surface area contributed by atoms with Gasteiger partial charge in [-0.05, 0) is 57.2 Å². The van der Waals surface area contributed by atoms with Gasteiger partial charge in [-0.2, -0.15) is 0 Å². The maximum atomic E-state index is 12.5. The molecule has 1 amide bonds. The molecule has 1 fully saturated rings. The molecule has 0 aliphatic carbocycles. The molecule has 36 heavy (non-hydrogen) atoms. The van der Waals surface area contributed by atoms with Crippen LogP contribution >= 0.6 is 0 Å². The molecule has 2 aromatic heterocycles. The van der Waals surface area contributed by atoms with Crippen molar-refractivity contribution in [2.45, 2.75) is 45.1 Å². The molecular weight excluding hydrogens is 450 g/mol. The van der Waals surface area contributed by atoms with Gasteiger partial charge in [0, 0.05) is 55.1 Å². The topological polar surface area (TPSA) is 72.3 Å². The van der Waals surface area contributed by atoms with Crippen molar-refractivity contribution in [2.24, 2.45) is 7.05 Å². The zero-order valence-corrected chi connectivity index (χ0v) is 21.4. The number of anilines is 2. The lowest BCUT2D eigenvalue weighted by Gasteiger charge is -2.33. The number of aryl methyl sites for hydroxylation is 1. The highest BCUT2D eigenvalue weighted by atomic mass is 16.6. The maximum Gasteiger partial charge on any atom is 0.410 e. The van der Waals surface area contributed by atoms with E-state index in [1.165, 1.54) is 5.39 Å². The van der Waals surface area contributed by atoms with E-state index in [0.717, 1.165) is 46.9 Å². The van der Waals surface area contributed by atoms with Gasteiger partial charge in [-0.25, -0.2) is 14.8 Å². The molecule has 2 aromatic carbocycles. The minimum absolute atomic E-state index is 0.170. The van der Waals surface area contributed by atoms with E-state index in [0.29, 0.717) is 13.1 Å². The van der Waals surface area contributed by atoms with Crippen LogP contribution in [0.1, 0.15) is 45.4 Å². The number of amides is 1. The lowest BCUT2D eigenvalue weighted by Crippen LogP contribution is -2.41. The molecule has 1 aliphatic rings. The number of aromatic nitrogens is 3. The molecule has 7 heteroatoms. The number of carbonyl (C=O) groups excluding carboxylic acids is 1. The largest absolute Gasteiger partial charge is 0.444 e. The van der Waals surface area contributed by atoms with Crippen molar-refractivity contribution in [2.75, 3.05) is 18.4 Å². The predicted molar refractivity (Wildman–Crippen MR) is 143 cm³/mol. The normalized spacial score (nSPS) is 14.7. The van der Waals surface area contributed by atoms with E-state index < -0.39 is 5.60 Å². The summed E-state index contributed by atoms with van der Waals surface area (Å²) in [6.45, 7) is 6.94. The molecule has 0 atom stereocenters. The van der Waals surface area contributed by atoms with Crippen LogP contribution in [0, 0.1) is 0 Å². The summed E-state index contributed by atoms with van der Waals surface area (Å²) in [5.74, 6) is 1.74. The Hall–Kier alpha value is -3.87. The van der Waals surface area contributed by atoms with Crippen molar-refractivity contribution in [3.8, 4) is 11.3 Å². The quantitative estimate of drug-likeness (QED) is 0.359. The second-order valence-electron chi connectivity index (χ2n) is 10.4. The molecule has 4 aromatic rings. The molecule has 0 spiro atoms. The molecular formula is C29H33N5O2. The van der Waals surface area contributed by atoms with Crippen molar-refractivity contribution >= 4 is 28.5 Å². The second kappa shape index (κ2) is 9.64. The van der Waals surface area contributed by atoms with Gasteiger partial charge in [0.1, 0.15) is 17.2 Å². The van der Waals surface area contributed by atoms with Crippen LogP contribution in [0.25, 0.3) is 22.2 Å². The average molecular weight is 484 g/mol. The monoisotopic (exact) mass is 483 g/mol. The third-order valence-corrected chi connectivity index (χ3v) is 6.49. The first kappa shape index (κ1) is 23.9. The van der Waals surface area contributed by atoms with Gasteiger partial charge in [-0.1, -0.05) is 36.4 Å². The summed E-state index contributed by atoms with van der Waals surface area (Å²) >= 11 is 0. The van der Waals surface area contributed by atoms with Gasteiger partial charge in [0.25, 0.3) is 0 Å². The zero-order valence-electron chi connectivity index (χ0n) is 21.4. The molecule has 1 aliphatic heterocycles. The van der Waals surface area contributed by atoms with Crippen molar-refractivity contribution in [3.05, 3.63) is 72.7 Å². The Morgan fingerprint density at radius 2 is 1.75 bits per heavy atom. The summed E-state index contributed by atoms with van der Waals surface area (Å²) in [6.07, 6.45) is 3.41. The van der Waals surface area contributed by atoms with E-state index in [4.69, 9.17) is 14.7 Å². The van der Waals surface area contributed by atoms with Crippen LogP contribution in [-0.4, -0.2) is 44.2 Å². The standard InChI is InChI=1S/C29H33N5O2/c1-29(2,3)36-28(35)34-16-13-22(14-17-34)27-31-24(20-8-6-5-7-9-20)19-26(32-27)30-23-11-10-21-12-15-33(4)25(21)18-23/h5-12,15,18-19,22H,13-14,16-17H2,1-4H3,(H,30,31,32). The number of nitrogens with one attached hydrogen (secondary N) is 1. The number of piperidine rings is 1. The first-order chi connectivity index (χ1) is 17.2. The van der Waals surface area contributed by atoms with Crippen LogP contribution in [0.2, 0.25) is 0 Å². The van der Waals surface area contributed by atoms with E-state index >= 15 is 0 Å². The van der Waals surface area contributed by atoms with E-state index in [1.54, 1.807) is 4.90 Å². The van der Waals surface area contributed by atoms with Gasteiger partial charge in [-0.3, -0.25) is 0 Å². The second-order valence-corrected chi connectivity index (χ2v) is 10.4. The predicted octanol–water partition coefficient (Wildman–Crippen LogP) is 6.49. The van der Waals surface area contributed by atoms with Crippen molar-refractivity contribution < 1.29 is 9.53 Å². The molecule has 1 saturated heterocycles. The number of hydrogen-bond acceptors (Lipinski definition) is 5. The fourth-order valence-electron chi connectivity index (χ4n) is 4.60. The minimum Gasteiger partial charge on any atom is -0.444 e. The molecule has 5 rings (SSSR count). The molecule has 0 saturated carbocycles. The number of fused-ring (bicyclic) bond motifs is 1. The third-order valence-electron chi connectivity index (χ3n) is 6.49. The van der Waals surface area contributed by atoms with Crippen LogP contribution < -0.4 is 5.32 Å². The van der Waals surface area contributed by atoms with Gasteiger partial charge in [0.05, 0.1) is 5.69 Å². The van der Waals surface area contributed by atoms with Gasteiger partial charge >= 0.3 is 6.09 Å². The number of ether oxygens (including phenoxy) is 1. The van der Waals surface area contributed by atoms with Crippen LogP contribution in [0.3, 0.4) is 0 Å². The lowest BCUT2D eigenvalue weighted by atomic mass is 9.96. The number of nitrogens with zero attached hydrogens (tertiary/aromatic N) is 4. The van der Waals surface area contributed by atoms with Gasteiger partial charge in [-0.15, -0.1) is 0 Å². The van der Waals surface area contributed by atoms with Gasteiger partial charge < -0.3 is 19.5 Å². The zero-order chi connectivity index (χ0) is 25.3. The average Bonchev–Trinajstić information content (AvgIpc) is 3.23. The van der Waals surface area contributed by atoms with Crippen LogP contribution in [-0.2, 0) is 11.8 Å². The SMILES string of the molecule is Cn1ccc2ccc(Nc3cc(-c4ccccc4)nc(C4CCN(C(=O)OC(C)(C)C)CC4)n3)cc21. The van der Waals surface area contributed by atoms with E-state index in [9.17, 15) is 4.79 Å². The molecule has 1 N–H and O–H groups in total. The number of hydrogen-bond donors (Lipinski definition) is 1. The van der Waals surface area contributed by atoms with Crippen LogP contribution in [0.4, 0.5) is 16.3 Å². The molecule has 186 valence electrons. The van der Waals surface area contributed by atoms with Crippen molar-refractivity contribution in [1.29, 1.82) is 0 Å². The summed E-state index contributed by atoms with van der Waals surface area (Å²) in [5.41, 5.74) is 3.58. The van der Waals surface area contributed by atoms with E-state index in [2.05, 4.69) is 52.5 Å². The molecule has 0 radical (unpaired) electrons. The van der Waals surface area contributed by atoms with Crippen LogP contribution in [0.15, 0.2) is 66.9 Å². The fourth-order valence-corrected chi connectivity index (χ4v) is 4.60. The Bertz CT molecular complexity index is 1370. The first-order valence-electron chi connectivity index (χ1n) is 12.5.